The number of nitrogens with one attached hydrogen (secondary N) is 1. The molecule has 0 unspecified atom stereocenters. The van der Waals surface area contributed by atoms with Crippen molar-refractivity contribution in [2.45, 2.75) is 12.6 Å². The van der Waals surface area contributed by atoms with E-state index in [0.29, 0.717) is 13.1 Å². The highest BCUT2D eigenvalue weighted by atomic mass is 19.4. The minimum atomic E-state index is -4.24. The van der Waals surface area contributed by atoms with E-state index < -0.39 is 12.8 Å². The molecule has 0 spiro atoms. The van der Waals surface area contributed by atoms with Crippen molar-refractivity contribution in [3.63, 3.8) is 0 Å². The van der Waals surface area contributed by atoms with Crippen molar-refractivity contribution in [3.8, 4) is 0 Å². The summed E-state index contributed by atoms with van der Waals surface area (Å²) in [6.45, 7) is -0.0496. The van der Waals surface area contributed by atoms with Crippen molar-refractivity contribution in [2.24, 2.45) is 0 Å². The van der Waals surface area contributed by atoms with Crippen LogP contribution in [0.4, 0.5) is 13.2 Å². The van der Waals surface area contributed by atoms with E-state index in [0.717, 1.165) is 12.1 Å². The van der Waals surface area contributed by atoms with Crippen LogP contribution in [-0.4, -0.2) is 37.5 Å². The summed E-state index contributed by atoms with van der Waals surface area (Å²) in [7, 11) is 0. The van der Waals surface area contributed by atoms with Crippen molar-refractivity contribution in [1.29, 1.82) is 0 Å². The van der Waals surface area contributed by atoms with Gasteiger partial charge in [0, 0.05) is 31.4 Å². The summed E-state index contributed by atoms with van der Waals surface area (Å²) in [5.41, 5.74) is 0.955. The lowest BCUT2D eigenvalue weighted by molar-refractivity contribution is -0.173. The van der Waals surface area contributed by atoms with Crippen LogP contribution >= 0.6 is 0 Å². The summed E-state index contributed by atoms with van der Waals surface area (Å²) in [5.74, 6) is 0. The Balaban J connectivity index is 1.95. The van der Waals surface area contributed by atoms with E-state index in [4.69, 9.17) is 0 Å². The van der Waals surface area contributed by atoms with Gasteiger partial charge in [-0.3, -0.25) is 4.98 Å². The second-order valence-electron chi connectivity index (χ2n) is 3.49. The van der Waals surface area contributed by atoms with Gasteiger partial charge in [-0.15, -0.1) is 0 Å². The van der Waals surface area contributed by atoms with Crippen LogP contribution in [0.1, 0.15) is 5.69 Å². The number of nitrogens with zero attached hydrogens (tertiary/aromatic N) is 1. The second-order valence-corrected chi connectivity index (χ2v) is 3.49. The molecule has 0 amide bonds. The number of hydrogen-bond acceptors (Lipinski definition) is 3. The standard InChI is InChI=1S/C11H15F3N2O/c12-11(13,14)9-17-8-7-15-6-4-10-3-1-2-5-16-10/h1-3,5,15H,4,6-9H2. The Bertz CT molecular complexity index is 303. The maximum atomic E-state index is 11.7. The molecule has 1 aromatic heterocycles. The summed E-state index contributed by atoms with van der Waals surface area (Å²) in [5, 5.41) is 2.99. The molecule has 0 aliphatic carbocycles. The summed E-state index contributed by atoms with van der Waals surface area (Å²) >= 11 is 0. The largest absolute Gasteiger partial charge is 0.411 e. The van der Waals surface area contributed by atoms with Gasteiger partial charge in [0.15, 0.2) is 0 Å². The maximum absolute atomic E-state index is 11.7. The zero-order chi connectivity index (χ0) is 12.6. The number of alkyl halides is 3. The number of halogens is 3. The molecule has 6 heteroatoms. The predicted molar refractivity (Wildman–Crippen MR) is 57.7 cm³/mol. The number of ether oxygens (including phenoxy) is 1. The Morgan fingerprint density at radius 3 is 2.71 bits per heavy atom. The van der Waals surface area contributed by atoms with Gasteiger partial charge in [0.05, 0.1) is 6.61 Å². The summed E-state index contributed by atoms with van der Waals surface area (Å²) < 4.78 is 39.5. The SMILES string of the molecule is FC(F)(F)COCCNCCc1ccccn1. The van der Waals surface area contributed by atoms with Crippen molar-refractivity contribution < 1.29 is 17.9 Å². The normalized spacial score (nSPS) is 11.7. The van der Waals surface area contributed by atoms with Gasteiger partial charge in [-0.1, -0.05) is 6.07 Å². The Kier molecular flexibility index (Phi) is 5.93. The third kappa shape index (κ3) is 7.70. The van der Waals surface area contributed by atoms with Crippen LogP contribution in [0.3, 0.4) is 0 Å². The van der Waals surface area contributed by atoms with Gasteiger partial charge < -0.3 is 10.1 Å². The quantitative estimate of drug-likeness (QED) is 0.747. The average molecular weight is 248 g/mol. The van der Waals surface area contributed by atoms with Crippen molar-refractivity contribution in [1.82, 2.24) is 10.3 Å². The Morgan fingerprint density at radius 1 is 1.24 bits per heavy atom. The van der Waals surface area contributed by atoms with Crippen LogP contribution in [0.5, 0.6) is 0 Å². The number of rotatable bonds is 7. The highest BCUT2D eigenvalue weighted by Gasteiger charge is 2.27. The maximum Gasteiger partial charge on any atom is 0.411 e. The van der Waals surface area contributed by atoms with Gasteiger partial charge in [0.1, 0.15) is 6.61 Å². The number of pyridine rings is 1. The topological polar surface area (TPSA) is 34.1 Å². The number of aromatic nitrogens is 1. The fourth-order valence-corrected chi connectivity index (χ4v) is 1.22. The van der Waals surface area contributed by atoms with Gasteiger partial charge in [0.25, 0.3) is 0 Å². The molecule has 0 aliphatic rings. The fraction of sp³-hybridized carbons (Fsp3) is 0.545. The molecule has 96 valence electrons. The molecule has 0 fully saturated rings. The molecule has 0 saturated carbocycles. The van der Waals surface area contributed by atoms with E-state index in [1.54, 1.807) is 6.20 Å². The highest BCUT2D eigenvalue weighted by molar-refractivity contribution is 5.03. The highest BCUT2D eigenvalue weighted by Crippen LogP contribution is 2.13. The molecule has 17 heavy (non-hydrogen) atoms. The molecular weight excluding hydrogens is 233 g/mol. The van der Waals surface area contributed by atoms with Crippen molar-refractivity contribution in [2.75, 3.05) is 26.3 Å². The van der Waals surface area contributed by atoms with Crippen LogP contribution in [0, 0.1) is 0 Å². The van der Waals surface area contributed by atoms with E-state index >= 15 is 0 Å². The second kappa shape index (κ2) is 7.24. The number of hydrogen-bond donors (Lipinski definition) is 1. The minimum absolute atomic E-state index is 0.0573. The van der Waals surface area contributed by atoms with Crippen LogP contribution in [0.15, 0.2) is 24.4 Å². The van der Waals surface area contributed by atoms with E-state index in [1.165, 1.54) is 0 Å². The minimum Gasteiger partial charge on any atom is -0.371 e. The monoisotopic (exact) mass is 248 g/mol. The first-order valence-corrected chi connectivity index (χ1v) is 5.33. The van der Waals surface area contributed by atoms with Crippen molar-refractivity contribution >= 4 is 0 Å². The smallest absolute Gasteiger partial charge is 0.371 e. The molecule has 0 atom stereocenters. The van der Waals surface area contributed by atoms with Crippen LogP contribution in [0.25, 0.3) is 0 Å². The van der Waals surface area contributed by atoms with E-state index in [2.05, 4.69) is 15.0 Å². The fourth-order valence-electron chi connectivity index (χ4n) is 1.22. The summed E-state index contributed by atoms with van der Waals surface area (Å²) in [6, 6.07) is 5.64. The third-order valence-electron chi connectivity index (χ3n) is 1.97. The first-order chi connectivity index (χ1) is 8.08. The van der Waals surface area contributed by atoms with E-state index in [9.17, 15) is 13.2 Å². The van der Waals surface area contributed by atoms with Gasteiger partial charge in [-0.25, -0.2) is 0 Å². The Hall–Kier alpha value is -1.14. The first-order valence-electron chi connectivity index (χ1n) is 5.33. The lowest BCUT2D eigenvalue weighted by Crippen LogP contribution is -2.25. The molecule has 1 aromatic rings. The van der Waals surface area contributed by atoms with Gasteiger partial charge in [-0.2, -0.15) is 13.2 Å². The molecule has 0 aliphatic heterocycles. The predicted octanol–water partition coefficient (Wildman–Crippen LogP) is 1.79. The Labute approximate surface area is 98.0 Å². The summed E-state index contributed by atoms with van der Waals surface area (Å²) in [4.78, 5) is 4.12. The average Bonchev–Trinajstić information content (AvgIpc) is 2.28. The zero-order valence-electron chi connectivity index (χ0n) is 9.33. The van der Waals surface area contributed by atoms with Crippen LogP contribution in [0.2, 0.25) is 0 Å². The van der Waals surface area contributed by atoms with E-state index in [1.807, 2.05) is 18.2 Å². The van der Waals surface area contributed by atoms with Crippen LogP contribution in [-0.2, 0) is 11.2 Å². The van der Waals surface area contributed by atoms with Gasteiger partial charge in [0.2, 0.25) is 0 Å². The van der Waals surface area contributed by atoms with E-state index in [-0.39, 0.29) is 6.61 Å². The van der Waals surface area contributed by atoms with Crippen LogP contribution < -0.4 is 5.32 Å². The first kappa shape index (κ1) is 13.9. The van der Waals surface area contributed by atoms with Gasteiger partial charge in [-0.05, 0) is 12.1 Å². The molecule has 0 bridgehead atoms. The third-order valence-corrected chi connectivity index (χ3v) is 1.97. The molecule has 0 aromatic carbocycles. The lowest BCUT2D eigenvalue weighted by Gasteiger charge is -2.08. The molecule has 1 heterocycles. The van der Waals surface area contributed by atoms with Crippen molar-refractivity contribution in [3.05, 3.63) is 30.1 Å². The molecule has 3 nitrogen and oxygen atoms in total. The Morgan fingerprint density at radius 2 is 2.06 bits per heavy atom. The molecular formula is C11H15F3N2O. The van der Waals surface area contributed by atoms with Gasteiger partial charge >= 0.3 is 6.18 Å². The lowest BCUT2D eigenvalue weighted by atomic mass is 10.3. The summed E-state index contributed by atoms with van der Waals surface area (Å²) in [6.07, 6.45) is -1.78. The molecule has 0 saturated heterocycles. The molecule has 1 N–H and O–H groups in total. The zero-order valence-corrected chi connectivity index (χ0v) is 9.33. The molecule has 1 rings (SSSR count). The molecule has 0 radical (unpaired) electrons.